The number of rotatable bonds is 7. The summed E-state index contributed by atoms with van der Waals surface area (Å²) in [4.78, 5) is 24.1. The average molecular weight is 387 g/mol. The Morgan fingerprint density at radius 2 is 1.85 bits per heavy atom. The molecule has 0 spiro atoms. The maximum atomic E-state index is 13.0. The Balaban J connectivity index is 1.89. The van der Waals surface area contributed by atoms with Gasteiger partial charge < -0.3 is 20.7 Å². The van der Waals surface area contributed by atoms with Crippen LogP contribution in [0.15, 0.2) is 24.3 Å². The van der Waals surface area contributed by atoms with Gasteiger partial charge in [-0.3, -0.25) is 9.59 Å². The highest BCUT2D eigenvalue weighted by Gasteiger charge is 2.35. The fourth-order valence-electron chi connectivity index (χ4n) is 3.17. The predicted molar refractivity (Wildman–Crippen MR) is 93.2 cm³/mol. The predicted octanol–water partition coefficient (Wildman–Crippen LogP) is 1.57. The number of hydrogen-bond donors (Lipinski definition) is 3. The van der Waals surface area contributed by atoms with Crippen molar-refractivity contribution in [2.75, 3.05) is 39.9 Å². The lowest BCUT2D eigenvalue weighted by atomic mass is 9.79. The summed E-state index contributed by atoms with van der Waals surface area (Å²) in [6.07, 6.45) is -2.96. The number of methoxy groups -OCH3 is 1. The first-order valence-electron chi connectivity index (χ1n) is 8.68. The SMILES string of the molecule is COCC1(CNC(=O)CNC(=O)c2ccccc2C(F)(F)F)CCNCC1. The van der Waals surface area contributed by atoms with Crippen molar-refractivity contribution in [1.29, 1.82) is 0 Å². The number of nitrogens with one attached hydrogen (secondary N) is 3. The van der Waals surface area contributed by atoms with Crippen LogP contribution in [0, 0.1) is 5.41 Å². The van der Waals surface area contributed by atoms with Gasteiger partial charge in [-0.15, -0.1) is 0 Å². The van der Waals surface area contributed by atoms with Crippen LogP contribution in [0.1, 0.15) is 28.8 Å². The summed E-state index contributed by atoms with van der Waals surface area (Å²) in [5.41, 5.74) is -1.72. The molecule has 9 heteroatoms. The molecule has 0 atom stereocenters. The van der Waals surface area contributed by atoms with E-state index in [1.54, 1.807) is 7.11 Å². The molecule has 1 aliphatic rings. The Morgan fingerprint density at radius 3 is 2.48 bits per heavy atom. The molecule has 150 valence electrons. The van der Waals surface area contributed by atoms with E-state index in [1.807, 2.05) is 0 Å². The molecule has 0 saturated carbocycles. The zero-order valence-electron chi connectivity index (χ0n) is 15.1. The lowest BCUT2D eigenvalue weighted by Crippen LogP contribution is -2.48. The van der Waals surface area contributed by atoms with Crippen LogP contribution in [-0.2, 0) is 15.7 Å². The number of carbonyl (C=O) groups is 2. The molecule has 3 N–H and O–H groups in total. The van der Waals surface area contributed by atoms with Crippen LogP contribution in [0.5, 0.6) is 0 Å². The number of benzene rings is 1. The Bertz CT molecular complexity index is 653. The molecule has 27 heavy (non-hydrogen) atoms. The Labute approximate surface area is 155 Å². The largest absolute Gasteiger partial charge is 0.417 e. The number of ether oxygens (including phenoxy) is 1. The molecule has 0 aliphatic carbocycles. The van der Waals surface area contributed by atoms with Crippen LogP contribution < -0.4 is 16.0 Å². The van der Waals surface area contributed by atoms with E-state index in [0.29, 0.717) is 13.2 Å². The van der Waals surface area contributed by atoms with E-state index in [2.05, 4.69) is 16.0 Å². The number of amides is 2. The van der Waals surface area contributed by atoms with Gasteiger partial charge in [-0.1, -0.05) is 12.1 Å². The van der Waals surface area contributed by atoms with Gasteiger partial charge in [-0.2, -0.15) is 13.2 Å². The van der Waals surface area contributed by atoms with E-state index in [4.69, 9.17) is 4.74 Å². The second-order valence-electron chi connectivity index (χ2n) is 6.69. The number of hydrogen-bond acceptors (Lipinski definition) is 4. The van der Waals surface area contributed by atoms with Gasteiger partial charge in [0, 0.05) is 19.1 Å². The fraction of sp³-hybridized carbons (Fsp3) is 0.556. The van der Waals surface area contributed by atoms with Crippen molar-refractivity contribution >= 4 is 11.8 Å². The lowest BCUT2D eigenvalue weighted by Gasteiger charge is -2.37. The molecule has 2 rings (SSSR count). The fourth-order valence-corrected chi connectivity index (χ4v) is 3.17. The summed E-state index contributed by atoms with van der Waals surface area (Å²) < 4.78 is 44.2. The molecule has 1 aliphatic heterocycles. The van der Waals surface area contributed by atoms with Gasteiger partial charge in [0.1, 0.15) is 0 Å². The molecule has 1 fully saturated rings. The topological polar surface area (TPSA) is 79.5 Å². The molecular weight excluding hydrogens is 363 g/mol. The second-order valence-corrected chi connectivity index (χ2v) is 6.69. The average Bonchev–Trinajstić information content (AvgIpc) is 2.65. The highest BCUT2D eigenvalue weighted by Crippen LogP contribution is 2.31. The van der Waals surface area contributed by atoms with Gasteiger partial charge in [0.25, 0.3) is 5.91 Å². The van der Waals surface area contributed by atoms with Crippen molar-refractivity contribution in [1.82, 2.24) is 16.0 Å². The Hall–Kier alpha value is -2.13. The third kappa shape index (κ3) is 5.93. The van der Waals surface area contributed by atoms with Gasteiger partial charge in [0.2, 0.25) is 5.91 Å². The third-order valence-corrected chi connectivity index (χ3v) is 4.66. The molecule has 2 amide bonds. The Kier molecular flexibility index (Phi) is 7.20. The number of alkyl halides is 3. The van der Waals surface area contributed by atoms with Gasteiger partial charge >= 0.3 is 6.18 Å². The first-order valence-corrected chi connectivity index (χ1v) is 8.68. The van der Waals surface area contributed by atoms with Crippen LogP contribution in [-0.4, -0.2) is 51.7 Å². The first-order chi connectivity index (χ1) is 12.8. The van der Waals surface area contributed by atoms with E-state index in [-0.39, 0.29) is 5.41 Å². The first kappa shape index (κ1) is 21.2. The van der Waals surface area contributed by atoms with Gasteiger partial charge in [0.05, 0.1) is 24.3 Å². The lowest BCUT2D eigenvalue weighted by molar-refractivity contribution is -0.137. The second kappa shape index (κ2) is 9.18. The molecule has 0 bridgehead atoms. The number of piperidine rings is 1. The molecule has 1 aromatic carbocycles. The molecule has 6 nitrogen and oxygen atoms in total. The minimum absolute atomic E-state index is 0.178. The summed E-state index contributed by atoms with van der Waals surface area (Å²) in [6, 6.07) is 4.47. The van der Waals surface area contributed by atoms with Crippen LogP contribution in [0.25, 0.3) is 0 Å². The summed E-state index contributed by atoms with van der Waals surface area (Å²) >= 11 is 0. The van der Waals surface area contributed by atoms with Crippen molar-refractivity contribution in [2.24, 2.45) is 5.41 Å². The van der Waals surface area contributed by atoms with Crippen molar-refractivity contribution in [2.45, 2.75) is 19.0 Å². The molecule has 1 heterocycles. The van der Waals surface area contributed by atoms with E-state index < -0.39 is 35.7 Å². The maximum absolute atomic E-state index is 13.0. The molecule has 0 radical (unpaired) electrons. The summed E-state index contributed by atoms with van der Waals surface area (Å²) in [5, 5.41) is 8.24. The number of carbonyl (C=O) groups excluding carboxylic acids is 2. The zero-order chi connectivity index (χ0) is 19.9. The highest BCUT2D eigenvalue weighted by molar-refractivity contribution is 5.97. The molecule has 1 saturated heterocycles. The molecule has 0 aromatic heterocycles. The van der Waals surface area contributed by atoms with E-state index >= 15 is 0 Å². The quantitative estimate of drug-likeness (QED) is 0.664. The third-order valence-electron chi connectivity index (χ3n) is 4.66. The van der Waals surface area contributed by atoms with Crippen molar-refractivity contribution < 1.29 is 27.5 Å². The maximum Gasteiger partial charge on any atom is 0.417 e. The summed E-state index contributed by atoms with van der Waals surface area (Å²) in [5.74, 6) is -1.40. The summed E-state index contributed by atoms with van der Waals surface area (Å²) in [7, 11) is 1.60. The van der Waals surface area contributed by atoms with E-state index in [1.165, 1.54) is 12.1 Å². The monoisotopic (exact) mass is 387 g/mol. The summed E-state index contributed by atoms with van der Waals surface area (Å²) in [6.45, 7) is 2.14. The van der Waals surface area contributed by atoms with Crippen molar-refractivity contribution in [3.63, 3.8) is 0 Å². The van der Waals surface area contributed by atoms with Crippen LogP contribution >= 0.6 is 0 Å². The molecule has 0 unspecified atom stereocenters. The minimum Gasteiger partial charge on any atom is -0.384 e. The van der Waals surface area contributed by atoms with Crippen LogP contribution in [0.2, 0.25) is 0 Å². The number of halogens is 3. The van der Waals surface area contributed by atoms with E-state index in [9.17, 15) is 22.8 Å². The standard InChI is InChI=1S/C18H24F3N3O3/c1-27-12-17(6-8-22-9-7-17)11-24-15(25)10-23-16(26)13-4-2-3-5-14(13)18(19,20)21/h2-5,22H,6-12H2,1H3,(H,23,26)(H,24,25). The highest BCUT2D eigenvalue weighted by atomic mass is 19.4. The van der Waals surface area contributed by atoms with Crippen LogP contribution in [0.3, 0.4) is 0 Å². The van der Waals surface area contributed by atoms with Crippen molar-refractivity contribution in [3.8, 4) is 0 Å². The normalized spacial score (nSPS) is 16.6. The van der Waals surface area contributed by atoms with Gasteiger partial charge in [0.15, 0.2) is 0 Å². The van der Waals surface area contributed by atoms with Gasteiger partial charge in [-0.05, 0) is 38.1 Å². The smallest absolute Gasteiger partial charge is 0.384 e. The van der Waals surface area contributed by atoms with Gasteiger partial charge in [-0.25, -0.2) is 0 Å². The molecular formula is C18H24F3N3O3. The minimum atomic E-state index is -4.64. The Morgan fingerprint density at radius 1 is 1.19 bits per heavy atom. The van der Waals surface area contributed by atoms with Crippen molar-refractivity contribution in [3.05, 3.63) is 35.4 Å². The van der Waals surface area contributed by atoms with Crippen LogP contribution in [0.4, 0.5) is 13.2 Å². The zero-order valence-corrected chi connectivity index (χ0v) is 15.1. The molecule has 1 aromatic rings. The van der Waals surface area contributed by atoms with E-state index in [0.717, 1.165) is 38.1 Å².